The molecule has 2 bridgehead atoms. The van der Waals surface area contributed by atoms with E-state index in [0.717, 1.165) is 12.3 Å². The summed E-state index contributed by atoms with van der Waals surface area (Å²) in [6.45, 7) is 1.96. The third kappa shape index (κ3) is 3.09. The molecule has 2 aliphatic carbocycles. The fourth-order valence-electron chi connectivity index (χ4n) is 3.99. The van der Waals surface area contributed by atoms with Gasteiger partial charge in [-0.25, -0.2) is 13.1 Å². The van der Waals surface area contributed by atoms with Gasteiger partial charge in [-0.15, -0.1) is 0 Å². The molecule has 0 aliphatic heterocycles. The Hall–Kier alpha value is -0.290. The highest BCUT2D eigenvalue weighted by Crippen LogP contribution is 2.49. The van der Waals surface area contributed by atoms with Crippen molar-refractivity contribution in [3.63, 3.8) is 0 Å². The quantitative estimate of drug-likeness (QED) is 0.891. The van der Waals surface area contributed by atoms with E-state index in [1.807, 2.05) is 6.92 Å². The predicted octanol–water partition coefficient (Wildman–Crippen LogP) is 4.10. The Morgan fingerprint density at radius 2 is 2.00 bits per heavy atom. The maximum absolute atomic E-state index is 12.5. The van der Waals surface area contributed by atoms with Gasteiger partial charge in [-0.1, -0.05) is 29.6 Å². The number of hydrogen-bond acceptors (Lipinski definition) is 2. The van der Waals surface area contributed by atoms with E-state index in [9.17, 15) is 8.42 Å². The molecule has 6 heteroatoms. The predicted molar refractivity (Wildman–Crippen MR) is 85.2 cm³/mol. The molecule has 0 heterocycles. The van der Waals surface area contributed by atoms with E-state index >= 15 is 0 Å². The molecular formula is C15H19Cl2NO2S. The lowest BCUT2D eigenvalue weighted by Crippen LogP contribution is -2.40. The highest BCUT2D eigenvalue weighted by Gasteiger charge is 2.42. The number of rotatable bonds is 4. The summed E-state index contributed by atoms with van der Waals surface area (Å²) in [6, 6.07) is 4.43. The van der Waals surface area contributed by atoms with E-state index in [0.29, 0.717) is 16.9 Å². The van der Waals surface area contributed by atoms with Crippen LogP contribution in [-0.2, 0) is 10.0 Å². The van der Waals surface area contributed by atoms with Gasteiger partial charge >= 0.3 is 0 Å². The van der Waals surface area contributed by atoms with E-state index in [2.05, 4.69) is 4.72 Å². The van der Waals surface area contributed by atoms with Crippen molar-refractivity contribution in [2.45, 2.75) is 43.5 Å². The van der Waals surface area contributed by atoms with Crippen molar-refractivity contribution in [3.05, 3.63) is 28.2 Å². The monoisotopic (exact) mass is 347 g/mol. The Labute approximate surface area is 136 Å². The molecule has 1 aromatic carbocycles. The molecule has 3 rings (SSSR count). The standard InChI is InChI=1S/C15H19Cl2NO2S/c1-9(13-7-10-2-3-11(13)6-10)18-21(19,20)15-8-12(16)4-5-14(15)17/h4-5,8-11,13,18H,2-3,6-7H2,1H3/t9-,10-,11-,13-/m0/s1. The Morgan fingerprint density at radius 1 is 1.24 bits per heavy atom. The van der Waals surface area contributed by atoms with E-state index in [1.165, 1.54) is 31.4 Å². The van der Waals surface area contributed by atoms with Crippen molar-refractivity contribution in [3.8, 4) is 0 Å². The molecule has 0 unspecified atom stereocenters. The number of fused-ring (bicyclic) bond motifs is 2. The van der Waals surface area contributed by atoms with Crippen LogP contribution in [0.1, 0.15) is 32.6 Å². The molecule has 2 aliphatic rings. The second-order valence-corrected chi connectivity index (χ2v) is 8.85. The molecule has 21 heavy (non-hydrogen) atoms. The molecule has 0 radical (unpaired) electrons. The zero-order valence-corrected chi connectivity index (χ0v) is 14.2. The molecule has 2 saturated carbocycles. The number of nitrogens with one attached hydrogen (secondary N) is 1. The van der Waals surface area contributed by atoms with Crippen LogP contribution in [0.4, 0.5) is 0 Å². The fraction of sp³-hybridized carbons (Fsp3) is 0.600. The van der Waals surface area contributed by atoms with Crippen LogP contribution in [0.15, 0.2) is 23.1 Å². The maximum Gasteiger partial charge on any atom is 0.242 e. The van der Waals surface area contributed by atoms with E-state index in [4.69, 9.17) is 23.2 Å². The zero-order chi connectivity index (χ0) is 15.2. The van der Waals surface area contributed by atoms with Crippen molar-refractivity contribution in [2.75, 3.05) is 0 Å². The van der Waals surface area contributed by atoms with Crippen molar-refractivity contribution in [1.82, 2.24) is 4.72 Å². The van der Waals surface area contributed by atoms with Crippen LogP contribution in [0.3, 0.4) is 0 Å². The molecule has 0 saturated heterocycles. The third-order valence-corrected chi connectivity index (χ3v) is 7.23. The molecule has 0 aromatic heterocycles. The summed E-state index contributed by atoms with van der Waals surface area (Å²) in [7, 11) is -3.63. The normalized spacial score (nSPS) is 29.8. The second kappa shape index (κ2) is 5.73. The highest BCUT2D eigenvalue weighted by molar-refractivity contribution is 7.89. The van der Waals surface area contributed by atoms with Crippen LogP contribution in [0, 0.1) is 17.8 Å². The Balaban J connectivity index is 1.78. The van der Waals surface area contributed by atoms with Crippen molar-refractivity contribution >= 4 is 33.2 Å². The number of benzene rings is 1. The van der Waals surface area contributed by atoms with Gasteiger partial charge in [0.2, 0.25) is 10.0 Å². The van der Waals surface area contributed by atoms with Crippen LogP contribution in [-0.4, -0.2) is 14.5 Å². The number of sulfonamides is 1. The first-order chi connectivity index (χ1) is 9.87. The molecular weight excluding hydrogens is 329 g/mol. The average molecular weight is 348 g/mol. The lowest BCUT2D eigenvalue weighted by Gasteiger charge is -2.28. The summed E-state index contributed by atoms with van der Waals surface area (Å²) in [5.41, 5.74) is 0. The molecule has 2 fully saturated rings. The topological polar surface area (TPSA) is 46.2 Å². The van der Waals surface area contributed by atoms with Crippen molar-refractivity contribution in [1.29, 1.82) is 0 Å². The number of halogens is 2. The molecule has 1 N–H and O–H groups in total. The third-order valence-electron chi connectivity index (χ3n) is 4.96. The van der Waals surface area contributed by atoms with Gasteiger partial charge < -0.3 is 0 Å². The van der Waals surface area contributed by atoms with Gasteiger partial charge in [0.05, 0.1) is 5.02 Å². The summed E-state index contributed by atoms with van der Waals surface area (Å²) < 4.78 is 27.8. The van der Waals surface area contributed by atoms with Crippen molar-refractivity contribution < 1.29 is 8.42 Å². The lowest BCUT2D eigenvalue weighted by molar-refractivity contribution is 0.280. The average Bonchev–Trinajstić information content (AvgIpc) is 3.03. The summed E-state index contributed by atoms with van der Waals surface area (Å²) >= 11 is 11.9. The lowest BCUT2D eigenvalue weighted by atomic mass is 9.84. The van der Waals surface area contributed by atoms with Gasteiger partial charge in [0, 0.05) is 11.1 Å². The van der Waals surface area contributed by atoms with Gasteiger partial charge in [-0.05, 0) is 62.1 Å². The van der Waals surface area contributed by atoms with Gasteiger partial charge in [0.15, 0.2) is 0 Å². The molecule has 0 spiro atoms. The SMILES string of the molecule is C[C@H](NS(=O)(=O)c1cc(Cl)ccc1Cl)[C@@H]1C[C@H]2CC[C@H]1C2. The maximum atomic E-state index is 12.5. The van der Waals surface area contributed by atoms with Crippen molar-refractivity contribution in [2.24, 2.45) is 17.8 Å². The Kier molecular flexibility index (Phi) is 4.25. The number of hydrogen-bond donors (Lipinski definition) is 1. The van der Waals surface area contributed by atoms with Gasteiger partial charge in [0.1, 0.15) is 4.90 Å². The first kappa shape index (κ1) is 15.6. The zero-order valence-electron chi connectivity index (χ0n) is 11.9. The first-order valence-corrected chi connectivity index (χ1v) is 9.58. The minimum absolute atomic E-state index is 0.0617. The van der Waals surface area contributed by atoms with Gasteiger partial charge in [-0.2, -0.15) is 0 Å². The van der Waals surface area contributed by atoms with Gasteiger partial charge in [-0.3, -0.25) is 0 Å². The summed E-state index contributed by atoms with van der Waals surface area (Å²) in [6.07, 6.45) is 4.94. The first-order valence-electron chi connectivity index (χ1n) is 7.34. The summed E-state index contributed by atoms with van der Waals surface area (Å²) in [5, 5.41) is 0.569. The van der Waals surface area contributed by atoms with Crippen LogP contribution in [0.25, 0.3) is 0 Å². The molecule has 3 nitrogen and oxygen atoms in total. The molecule has 116 valence electrons. The van der Waals surface area contributed by atoms with Crippen LogP contribution in [0.2, 0.25) is 10.0 Å². The Morgan fingerprint density at radius 3 is 2.62 bits per heavy atom. The molecule has 1 aromatic rings. The summed E-state index contributed by atoms with van der Waals surface area (Å²) in [4.78, 5) is 0.0617. The molecule has 4 atom stereocenters. The Bertz CT molecular complexity index is 647. The minimum Gasteiger partial charge on any atom is -0.208 e. The van der Waals surface area contributed by atoms with Crippen LogP contribution >= 0.6 is 23.2 Å². The smallest absolute Gasteiger partial charge is 0.208 e. The van der Waals surface area contributed by atoms with E-state index in [-0.39, 0.29) is 16.0 Å². The van der Waals surface area contributed by atoms with E-state index < -0.39 is 10.0 Å². The second-order valence-electron chi connectivity index (χ2n) is 6.32. The fourth-order valence-corrected chi connectivity index (χ4v) is 6.04. The van der Waals surface area contributed by atoms with Crippen LogP contribution < -0.4 is 4.72 Å². The largest absolute Gasteiger partial charge is 0.242 e. The van der Waals surface area contributed by atoms with Gasteiger partial charge in [0.25, 0.3) is 0 Å². The van der Waals surface area contributed by atoms with E-state index in [1.54, 1.807) is 6.07 Å². The minimum atomic E-state index is -3.63. The molecule has 0 amide bonds. The highest BCUT2D eigenvalue weighted by atomic mass is 35.5. The van der Waals surface area contributed by atoms with Crippen LogP contribution in [0.5, 0.6) is 0 Å². The summed E-state index contributed by atoms with van der Waals surface area (Å²) in [5.74, 6) is 1.90.